The number of primary amides is 1. The lowest BCUT2D eigenvalue weighted by Crippen LogP contribution is -2.36. The van der Waals surface area contributed by atoms with Gasteiger partial charge in [-0.05, 0) is 56.2 Å². The summed E-state index contributed by atoms with van der Waals surface area (Å²) < 4.78 is 0. The fraction of sp³-hybridized carbons (Fsp3) is 0.636. The third-order valence-electron chi connectivity index (χ3n) is 5.86. The van der Waals surface area contributed by atoms with Gasteiger partial charge in [0.2, 0.25) is 12.3 Å². The van der Waals surface area contributed by atoms with Crippen molar-refractivity contribution in [3.8, 4) is 0 Å². The van der Waals surface area contributed by atoms with Crippen LogP contribution in [-0.4, -0.2) is 56.2 Å². The van der Waals surface area contributed by atoms with Crippen molar-refractivity contribution in [3.63, 3.8) is 0 Å². The summed E-state index contributed by atoms with van der Waals surface area (Å²) in [5.41, 5.74) is 27.5. The van der Waals surface area contributed by atoms with Gasteiger partial charge in [0, 0.05) is 18.5 Å². The second-order valence-corrected chi connectivity index (χ2v) is 11.3. The maximum atomic E-state index is 11.3. The molecule has 13 N–H and O–H groups in total. The van der Waals surface area contributed by atoms with Crippen LogP contribution in [0.3, 0.4) is 0 Å². The summed E-state index contributed by atoms with van der Waals surface area (Å²) in [6.45, 7) is 22.4. The van der Waals surface area contributed by atoms with Crippen molar-refractivity contribution in [1.29, 1.82) is 5.41 Å². The van der Waals surface area contributed by atoms with Crippen molar-refractivity contribution in [3.05, 3.63) is 35.4 Å². The molecule has 1 aromatic carbocycles. The second kappa shape index (κ2) is 35.6. The van der Waals surface area contributed by atoms with Crippen molar-refractivity contribution in [2.24, 2.45) is 56.1 Å². The fourth-order valence-electron chi connectivity index (χ4n) is 2.95. The Balaban J connectivity index is -0.000000169. The van der Waals surface area contributed by atoms with E-state index >= 15 is 0 Å². The molecule has 0 saturated carbocycles. The number of hydrogen-bond acceptors (Lipinski definition) is 8. The zero-order valence-electron chi connectivity index (χ0n) is 30.5. The van der Waals surface area contributed by atoms with Gasteiger partial charge in [-0.25, -0.2) is 0 Å². The molecule has 0 radical (unpaired) electrons. The van der Waals surface area contributed by atoms with Crippen LogP contribution in [0.2, 0.25) is 0 Å². The lowest BCUT2D eigenvalue weighted by atomic mass is 9.81. The molecular formula is C33H68N10O3. The van der Waals surface area contributed by atoms with Gasteiger partial charge in [-0.2, -0.15) is 0 Å². The Morgan fingerprint density at radius 3 is 1.80 bits per heavy atom. The Labute approximate surface area is 279 Å². The summed E-state index contributed by atoms with van der Waals surface area (Å²) in [6, 6.07) is 7.44. The molecule has 2 atom stereocenters. The summed E-state index contributed by atoms with van der Waals surface area (Å²) in [4.78, 5) is 30.4. The highest BCUT2D eigenvalue weighted by molar-refractivity contribution is 5.97. The molecule has 1 rings (SSSR count). The molecule has 0 saturated heterocycles. The minimum absolute atomic E-state index is 0.0610. The zero-order valence-corrected chi connectivity index (χ0v) is 30.5. The van der Waals surface area contributed by atoms with Crippen molar-refractivity contribution in [1.82, 2.24) is 10.6 Å². The molecular weight excluding hydrogens is 584 g/mol. The van der Waals surface area contributed by atoms with Crippen LogP contribution < -0.4 is 39.3 Å². The third-order valence-corrected chi connectivity index (χ3v) is 5.86. The van der Waals surface area contributed by atoms with Crippen molar-refractivity contribution in [2.75, 3.05) is 13.6 Å². The van der Waals surface area contributed by atoms with Crippen LogP contribution in [0.15, 0.2) is 34.5 Å². The minimum atomic E-state index is -0.371. The summed E-state index contributed by atoms with van der Waals surface area (Å²) >= 11 is 0. The summed E-state index contributed by atoms with van der Waals surface area (Å²) in [5, 5.41) is 19.1. The number of nitrogens with two attached hydrogens (primary N) is 5. The smallest absolute Gasteiger partial charge is 0.220 e. The van der Waals surface area contributed by atoms with Crippen LogP contribution in [0.25, 0.3) is 0 Å². The zero-order chi connectivity index (χ0) is 37.1. The standard InChI is InChI=1S/C11H17N5.C10H20N2O2.C8H18.C2H6.CH4N2.CH3NO/c1-8(12)15-16-11(13)10-5-3-9(4-6-10)7-14-2;1-8(2)6-10(14)12-9(7-13)4-3-5-11;1-6-7(2)8(3,4)5;1-2;2*2-1-3/h3-6,14H,7H2,1-2H3,(H2,12,15)(H2,13,16);7-9H,3-6,11H2,1-2H3,(H,12,14);7H,6H2,1-5H3;1-2H3;1H,(H3,2,3);1H,(H2,2,3). The van der Waals surface area contributed by atoms with Crippen LogP contribution >= 0.6 is 0 Å². The summed E-state index contributed by atoms with van der Waals surface area (Å²) in [6.07, 6.45) is 4.92. The highest BCUT2D eigenvalue weighted by Crippen LogP contribution is 2.27. The summed E-state index contributed by atoms with van der Waals surface area (Å²) in [7, 11) is 1.91. The van der Waals surface area contributed by atoms with E-state index in [4.69, 9.17) is 27.4 Å². The molecule has 0 aliphatic rings. The predicted molar refractivity (Wildman–Crippen MR) is 196 cm³/mol. The van der Waals surface area contributed by atoms with Gasteiger partial charge in [0.1, 0.15) is 12.1 Å². The SMILES string of the molecule is CC.CC(C)CC(=O)NC(C=O)CCCN.CCC(C)C(C)(C)C.CNCc1ccc(/C(N)=N/N=C(/C)N)cc1.N=CN.NC=O. The molecule has 0 aliphatic heterocycles. The Morgan fingerprint density at radius 1 is 1.02 bits per heavy atom. The predicted octanol–water partition coefficient (Wildman–Crippen LogP) is 3.62. The highest BCUT2D eigenvalue weighted by atomic mass is 16.2. The molecule has 0 aliphatic carbocycles. The number of carbonyl (C=O) groups excluding carboxylic acids is 3. The molecule has 2 unspecified atom stereocenters. The second-order valence-electron chi connectivity index (χ2n) is 11.3. The molecule has 0 heterocycles. The molecule has 268 valence electrons. The topological polar surface area (TPSA) is 254 Å². The van der Waals surface area contributed by atoms with E-state index in [1.165, 1.54) is 12.0 Å². The van der Waals surface area contributed by atoms with Crippen LogP contribution in [0.4, 0.5) is 0 Å². The lowest BCUT2D eigenvalue weighted by molar-refractivity contribution is -0.124. The van der Waals surface area contributed by atoms with Crippen molar-refractivity contribution >= 4 is 36.6 Å². The Hall–Kier alpha value is -3.84. The van der Waals surface area contributed by atoms with E-state index in [0.717, 1.165) is 37.1 Å². The summed E-state index contributed by atoms with van der Waals surface area (Å²) in [5.74, 6) is 1.85. The number of hydrogen-bond donors (Lipinski definition) is 8. The van der Waals surface area contributed by atoms with Crippen LogP contribution in [0.1, 0.15) is 106 Å². The number of amidine groups is 2. The van der Waals surface area contributed by atoms with Gasteiger partial charge in [-0.15, -0.1) is 10.2 Å². The first-order valence-corrected chi connectivity index (χ1v) is 15.7. The van der Waals surface area contributed by atoms with E-state index in [1.807, 2.05) is 59.0 Å². The highest BCUT2D eigenvalue weighted by Gasteiger charge is 2.17. The number of nitrogens with zero attached hydrogens (tertiary/aromatic N) is 2. The Morgan fingerprint density at radius 2 is 1.50 bits per heavy atom. The van der Waals surface area contributed by atoms with Crippen molar-refractivity contribution in [2.45, 2.75) is 108 Å². The molecule has 1 aromatic rings. The number of aldehydes is 1. The largest absolute Gasteiger partial charge is 0.390 e. The normalized spacial score (nSPS) is 11.8. The van der Waals surface area contributed by atoms with E-state index in [-0.39, 0.29) is 18.4 Å². The van der Waals surface area contributed by atoms with Gasteiger partial charge < -0.3 is 44.1 Å². The van der Waals surface area contributed by atoms with Crippen LogP contribution in [-0.2, 0) is 20.9 Å². The Kier molecular flexibility index (Phi) is 40.1. The quantitative estimate of drug-likeness (QED) is 0.0714. The third kappa shape index (κ3) is 38.2. The number of carbonyl (C=O) groups is 3. The molecule has 0 aromatic heterocycles. The van der Waals surface area contributed by atoms with Crippen molar-refractivity contribution < 1.29 is 14.4 Å². The van der Waals surface area contributed by atoms with Gasteiger partial charge in [0.05, 0.1) is 12.4 Å². The molecule has 46 heavy (non-hydrogen) atoms. The molecule has 0 fully saturated rings. The maximum Gasteiger partial charge on any atom is 0.220 e. The van der Waals surface area contributed by atoms with Gasteiger partial charge in [0.15, 0.2) is 5.84 Å². The van der Waals surface area contributed by atoms with Gasteiger partial charge in [-0.1, -0.05) is 93.0 Å². The monoisotopic (exact) mass is 653 g/mol. The molecule has 2 amide bonds. The first-order valence-electron chi connectivity index (χ1n) is 15.7. The van der Waals surface area contributed by atoms with E-state index in [0.29, 0.717) is 42.4 Å². The number of rotatable bonds is 12. The average Bonchev–Trinajstić information content (AvgIpc) is 2.99. The number of benzene rings is 1. The maximum absolute atomic E-state index is 11.3. The molecule has 13 heteroatoms. The fourth-order valence-corrected chi connectivity index (χ4v) is 2.95. The molecule has 13 nitrogen and oxygen atoms in total. The van der Waals surface area contributed by atoms with Crippen LogP contribution in [0.5, 0.6) is 0 Å². The number of nitrogens with one attached hydrogen (secondary N) is 3. The van der Waals surface area contributed by atoms with Gasteiger partial charge in [0.25, 0.3) is 0 Å². The average molecular weight is 653 g/mol. The van der Waals surface area contributed by atoms with Gasteiger partial charge >= 0.3 is 0 Å². The van der Waals surface area contributed by atoms with E-state index in [1.54, 1.807) is 6.92 Å². The Bertz CT molecular complexity index is 919. The molecule has 0 bridgehead atoms. The molecule has 0 spiro atoms. The minimum Gasteiger partial charge on any atom is -0.390 e. The first kappa shape index (κ1) is 51.7. The number of amides is 2. The van der Waals surface area contributed by atoms with E-state index in [9.17, 15) is 9.59 Å². The first-order chi connectivity index (χ1) is 21.5. The van der Waals surface area contributed by atoms with E-state index in [2.05, 4.69) is 66.9 Å². The lowest BCUT2D eigenvalue weighted by Gasteiger charge is -2.25. The van der Waals surface area contributed by atoms with E-state index < -0.39 is 0 Å². The van der Waals surface area contributed by atoms with Crippen LogP contribution in [0, 0.1) is 22.7 Å². The van der Waals surface area contributed by atoms with Gasteiger partial charge in [-0.3, -0.25) is 15.0 Å².